The van der Waals surface area contributed by atoms with E-state index in [2.05, 4.69) is 10.6 Å². The van der Waals surface area contributed by atoms with Gasteiger partial charge in [0.15, 0.2) is 0 Å². The lowest BCUT2D eigenvalue weighted by atomic mass is 9.98. The maximum atomic E-state index is 13.3. The van der Waals surface area contributed by atoms with E-state index in [4.69, 9.17) is 4.74 Å². The van der Waals surface area contributed by atoms with Gasteiger partial charge in [-0.15, -0.1) is 12.4 Å². The number of benzene rings is 2. The van der Waals surface area contributed by atoms with Crippen LogP contribution in [0, 0.1) is 5.82 Å². The van der Waals surface area contributed by atoms with Gasteiger partial charge in [0.2, 0.25) is 5.91 Å². The molecule has 0 aromatic heterocycles. The number of hydrogen-bond acceptors (Lipinski definition) is 3. The Labute approximate surface area is 159 Å². The predicted molar refractivity (Wildman–Crippen MR) is 102 cm³/mol. The smallest absolute Gasteiger partial charge is 0.222 e. The third-order valence-electron chi connectivity index (χ3n) is 4.55. The summed E-state index contributed by atoms with van der Waals surface area (Å²) in [7, 11) is 1.61. The first-order valence-electron chi connectivity index (χ1n) is 8.58. The molecule has 1 aliphatic rings. The van der Waals surface area contributed by atoms with Crippen molar-refractivity contribution < 1.29 is 13.9 Å². The minimum Gasteiger partial charge on any atom is -0.497 e. The summed E-state index contributed by atoms with van der Waals surface area (Å²) in [6.45, 7) is 0.970. The van der Waals surface area contributed by atoms with Crippen LogP contribution in [0.5, 0.6) is 5.75 Å². The lowest BCUT2D eigenvalue weighted by Gasteiger charge is -2.21. The second kappa shape index (κ2) is 9.55. The lowest BCUT2D eigenvalue weighted by molar-refractivity contribution is -0.122. The molecule has 0 radical (unpaired) electrons. The van der Waals surface area contributed by atoms with Crippen molar-refractivity contribution in [1.29, 1.82) is 0 Å². The van der Waals surface area contributed by atoms with Crippen LogP contribution >= 0.6 is 12.4 Å². The minimum atomic E-state index is -0.319. The molecule has 2 atom stereocenters. The lowest BCUT2D eigenvalue weighted by Crippen LogP contribution is -2.34. The van der Waals surface area contributed by atoms with E-state index in [-0.39, 0.29) is 36.2 Å². The summed E-state index contributed by atoms with van der Waals surface area (Å²) in [5.74, 6) is 0.450. The van der Waals surface area contributed by atoms with Crippen molar-refractivity contribution in [2.45, 2.75) is 31.3 Å². The first-order chi connectivity index (χ1) is 12.2. The first kappa shape index (κ1) is 20.2. The topological polar surface area (TPSA) is 50.4 Å². The molecule has 2 N–H and O–H groups in total. The maximum absolute atomic E-state index is 13.3. The number of carbonyl (C=O) groups is 1. The number of amides is 1. The van der Waals surface area contributed by atoms with Gasteiger partial charge >= 0.3 is 0 Å². The molecule has 2 aromatic rings. The van der Waals surface area contributed by atoms with Gasteiger partial charge in [-0.3, -0.25) is 4.79 Å². The monoisotopic (exact) mass is 378 g/mol. The SMILES string of the molecule is COc1ccc(C(NC(=O)CC2CCCN2)c2ccc(F)cc2)cc1.Cl. The largest absolute Gasteiger partial charge is 0.497 e. The number of halogens is 2. The number of ether oxygens (including phenoxy) is 1. The van der Waals surface area contributed by atoms with Crippen molar-refractivity contribution in [3.8, 4) is 5.75 Å². The van der Waals surface area contributed by atoms with E-state index < -0.39 is 0 Å². The summed E-state index contributed by atoms with van der Waals surface area (Å²) in [4.78, 5) is 12.5. The Balaban J connectivity index is 0.00000243. The standard InChI is InChI=1S/C20H23FN2O2.ClH/c1-25-18-10-6-15(7-11-18)20(14-4-8-16(21)9-5-14)23-19(24)13-17-3-2-12-22-17;/h4-11,17,20,22H,2-3,12-13H2,1H3,(H,23,24);1H. The molecule has 2 unspecified atom stereocenters. The highest BCUT2D eigenvalue weighted by molar-refractivity contribution is 5.85. The maximum Gasteiger partial charge on any atom is 0.222 e. The van der Waals surface area contributed by atoms with E-state index in [1.807, 2.05) is 24.3 Å². The van der Waals surface area contributed by atoms with E-state index in [0.717, 1.165) is 36.3 Å². The highest BCUT2D eigenvalue weighted by atomic mass is 35.5. The molecule has 3 rings (SSSR count). The number of nitrogens with one attached hydrogen (secondary N) is 2. The number of carbonyl (C=O) groups excluding carboxylic acids is 1. The van der Waals surface area contributed by atoms with Gasteiger partial charge < -0.3 is 15.4 Å². The normalized spacial score (nSPS) is 17.2. The van der Waals surface area contributed by atoms with Crippen LogP contribution in [0.2, 0.25) is 0 Å². The molecular weight excluding hydrogens is 355 g/mol. The van der Waals surface area contributed by atoms with Crippen LogP contribution < -0.4 is 15.4 Å². The van der Waals surface area contributed by atoms with Crippen molar-refractivity contribution >= 4 is 18.3 Å². The molecule has 1 amide bonds. The zero-order valence-electron chi connectivity index (χ0n) is 14.7. The van der Waals surface area contributed by atoms with Crippen molar-refractivity contribution in [3.63, 3.8) is 0 Å². The first-order valence-corrected chi connectivity index (χ1v) is 8.58. The van der Waals surface area contributed by atoms with Crippen molar-refractivity contribution in [1.82, 2.24) is 10.6 Å². The van der Waals surface area contributed by atoms with Gasteiger partial charge in [0.25, 0.3) is 0 Å². The fraction of sp³-hybridized carbons (Fsp3) is 0.350. The minimum absolute atomic E-state index is 0. The van der Waals surface area contributed by atoms with E-state index in [0.29, 0.717) is 6.42 Å². The van der Waals surface area contributed by atoms with Crippen LogP contribution in [0.15, 0.2) is 48.5 Å². The highest BCUT2D eigenvalue weighted by Crippen LogP contribution is 2.25. The Morgan fingerprint density at radius 1 is 1.19 bits per heavy atom. The van der Waals surface area contributed by atoms with Gasteiger partial charge in [0, 0.05) is 12.5 Å². The van der Waals surface area contributed by atoms with E-state index in [9.17, 15) is 9.18 Å². The molecule has 26 heavy (non-hydrogen) atoms. The molecule has 1 saturated heterocycles. The Kier molecular flexibility index (Phi) is 7.42. The molecule has 4 nitrogen and oxygen atoms in total. The van der Waals surface area contributed by atoms with Crippen LogP contribution in [0.3, 0.4) is 0 Å². The number of rotatable bonds is 6. The van der Waals surface area contributed by atoms with Crippen LogP contribution in [-0.2, 0) is 4.79 Å². The molecule has 6 heteroatoms. The Hall–Kier alpha value is -2.11. The Bertz CT molecular complexity index is 701. The van der Waals surface area contributed by atoms with Gasteiger partial charge in [0.05, 0.1) is 13.2 Å². The molecule has 140 valence electrons. The van der Waals surface area contributed by atoms with Crippen LogP contribution in [0.4, 0.5) is 4.39 Å². The summed E-state index contributed by atoms with van der Waals surface area (Å²) in [6, 6.07) is 13.7. The summed E-state index contributed by atoms with van der Waals surface area (Å²) in [6.07, 6.45) is 2.59. The van der Waals surface area contributed by atoms with Gasteiger partial charge in [-0.2, -0.15) is 0 Å². The van der Waals surface area contributed by atoms with Crippen molar-refractivity contribution in [2.75, 3.05) is 13.7 Å². The zero-order valence-corrected chi connectivity index (χ0v) is 15.5. The molecule has 0 bridgehead atoms. The van der Waals surface area contributed by atoms with E-state index in [1.54, 1.807) is 19.2 Å². The third kappa shape index (κ3) is 5.19. The average Bonchev–Trinajstić information content (AvgIpc) is 3.14. The Morgan fingerprint density at radius 3 is 2.35 bits per heavy atom. The summed E-state index contributed by atoms with van der Waals surface area (Å²) >= 11 is 0. The molecule has 1 heterocycles. The van der Waals surface area contributed by atoms with Crippen LogP contribution in [-0.4, -0.2) is 25.6 Å². The van der Waals surface area contributed by atoms with Crippen LogP contribution in [0.1, 0.15) is 36.4 Å². The predicted octanol–water partition coefficient (Wildman–Crippen LogP) is 3.60. The van der Waals surface area contributed by atoms with Gasteiger partial charge in [-0.1, -0.05) is 24.3 Å². The molecular formula is C20H24ClFN2O2. The fourth-order valence-corrected chi connectivity index (χ4v) is 3.19. The van der Waals surface area contributed by atoms with Crippen LogP contribution in [0.25, 0.3) is 0 Å². The van der Waals surface area contributed by atoms with Gasteiger partial charge in [-0.25, -0.2) is 4.39 Å². The van der Waals surface area contributed by atoms with Crippen molar-refractivity contribution in [3.05, 3.63) is 65.5 Å². The fourth-order valence-electron chi connectivity index (χ4n) is 3.19. The molecule has 0 saturated carbocycles. The van der Waals surface area contributed by atoms with Crippen molar-refractivity contribution in [2.24, 2.45) is 0 Å². The summed E-state index contributed by atoms with van der Waals surface area (Å²) in [5.41, 5.74) is 1.78. The van der Waals surface area contributed by atoms with E-state index in [1.165, 1.54) is 12.1 Å². The molecule has 1 fully saturated rings. The molecule has 0 aliphatic carbocycles. The van der Waals surface area contributed by atoms with Gasteiger partial charge in [-0.05, 0) is 54.8 Å². The zero-order chi connectivity index (χ0) is 17.6. The second-order valence-electron chi connectivity index (χ2n) is 6.32. The summed E-state index contributed by atoms with van der Waals surface area (Å²) in [5, 5.41) is 6.43. The number of hydrogen-bond donors (Lipinski definition) is 2. The third-order valence-corrected chi connectivity index (χ3v) is 4.55. The molecule has 0 spiro atoms. The molecule has 1 aliphatic heterocycles. The van der Waals surface area contributed by atoms with Gasteiger partial charge in [0.1, 0.15) is 11.6 Å². The Morgan fingerprint density at radius 2 is 1.81 bits per heavy atom. The number of methoxy groups -OCH3 is 1. The highest BCUT2D eigenvalue weighted by Gasteiger charge is 2.21. The second-order valence-corrected chi connectivity index (χ2v) is 6.32. The van der Waals surface area contributed by atoms with E-state index >= 15 is 0 Å². The quantitative estimate of drug-likeness (QED) is 0.807. The average molecular weight is 379 g/mol. The molecule has 2 aromatic carbocycles. The summed E-state index contributed by atoms with van der Waals surface area (Å²) < 4.78 is 18.5.